The van der Waals surface area contributed by atoms with Gasteiger partial charge in [-0.05, 0) is 50.8 Å². The molecule has 6 nitrogen and oxygen atoms in total. The molecular weight excluding hydrogens is 352 g/mol. The lowest BCUT2D eigenvalue weighted by molar-refractivity contribution is 0.0293. The number of halogens is 1. The molecule has 26 heavy (non-hydrogen) atoms. The predicted molar refractivity (Wildman–Crippen MR) is 101 cm³/mol. The SMILES string of the molecule is CC(C)(C)OC(=O)N1CC[C@H](Nc2nc(C#N)cc3ccc(Cl)cc23)C1. The Labute approximate surface area is 157 Å². The summed E-state index contributed by atoms with van der Waals surface area (Å²) in [5.74, 6) is 0.609. The molecule has 1 N–H and O–H groups in total. The van der Waals surface area contributed by atoms with Crippen molar-refractivity contribution < 1.29 is 9.53 Å². The van der Waals surface area contributed by atoms with Gasteiger partial charge in [-0.1, -0.05) is 17.7 Å². The van der Waals surface area contributed by atoms with Crippen LogP contribution in [0.25, 0.3) is 10.8 Å². The molecule has 1 aliphatic heterocycles. The highest BCUT2D eigenvalue weighted by Gasteiger charge is 2.30. The number of anilines is 1. The van der Waals surface area contributed by atoms with Crippen molar-refractivity contribution in [2.75, 3.05) is 18.4 Å². The van der Waals surface area contributed by atoms with Crippen LogP contribution in [0.5, 0.6) is 0 Å². The maximum atomic E-state index is 12.2. The van der Waals surface area contributed by atoms with Gasteiger partial charge in [0, 0.05) is 29.5 Å². The third kappa shape index (κ3) is 4.17. The molecule has 0 saturated carbocycles. The highest BCUT2D eigenvalue weighted by atomic mass is 35.5. The van der Waals surface area contributed by atoms with Crippen LogP contribution >= 0.6 is 11.6 Å². The summed E-state index contributed by atoms with van der Waals surface area (Å²) in [5, 5.41) is 14.9. The van der Waals surface area contributed by atoms with Gasteiger partial charge < -0.3 is 15.0 Å². The van der Waals surface area contributed by atoms with E-state index in [0.717, 1.165) is 17.2 Å². The predicted octanol–water partition coefficient (Wildman–Crippen LogP) is 4.18. The monoisotopic (exact) mass is 372 g/mol. The van der Waals surface area contributed by atoms with E-state index >= 15 is 0 Å². The number of nitrogens with zero attached hydrogens (tertiary/aromatic N) is 3. The second kappa shape index (κ2) is 7.00. The van der Waals surface area contributed by atoms with Gasteiger partial charge in [0.25, 0.3) is 0 Å². The molecule has 0 spiro atoms. The van der Waals surface area contributed by atoms with Crippen LogP contribution in [0.15, 0.2) is 24.3 Å². The third-order valence-corrected chi connectivity index (χ3v) is 4.33. The van der Waals surface area contributed by atoms with Crippen LogP contribution in [-0.4, -0.2) is 40.7 Å². The summed E-state index contributed by atoms with van der Waals surface area (Å²) in [6.07, 6.45) is 0.466. The number of aromatic nitrogens is 1. The third-order valence-electron chi connectivity index (χ3n) is 4.09. The van der Waals surface area contributed by atoms with Crippen molar-refractivity contribution >= 4 is 34.3 Å². The van der Waals surface area contributed by atoms with E-state index in [1.807, 2.05) is 32.9 Å². The number of hydrogen-bond acceptors (Lipinski definition) is 5. The summed E-state index contributed by atoms with van der Waals surface area (Å²) >= 11 is 6.12. The zero-order chi connectivity index (χ0) is 18.9. The fourth-order valence-corrected chi connectivity index (χ4v) is 3.12. The summed E-state index contributed by atoms with van der Waals surface area (Å²) in [7, 11) is 0. The molecule has 136 valence electrons. The van der Waals surface area contributed by atoms with Crippen LogP contribution in [0, 0.1) is 11.3 Å². The van der Waals surface area contributed by atoms with Gasteiger partial charge >= 0.3 is 6.09 Å². The molecule has 1 aromatic carbocycles. The van der Waals surface area contributed by atoms with Gasteiger partial charge in [0.1, 0.15) is 23.2 Å². The Kier molecular flexibility index (Phi) is 4.92. The summed E-state index contributed by atoms with van der Waals surface area (Å²) in [6.45, 7) is 6.69. The Morgan fingerprint density at radius 1 is 1.42 bits per heavy atom. The number of ether oxygens (including phenoxy) is 1. The van der Waals surface area contributed by atoms with Crippen molar-refractivity contribution in [2.45, 2.75) is 38.8 Å². The van der Waals surface area contributed by atoms with Crippen molar-refractivity contribution in [3.63, 3.8) is 0 Å². The number of likely N-dealkylation sites (tertiary alicyclic amines) is 1. The van der Waals surface area contributed by atoms with Crippen molar-refractivity contribution in [1.29, 1.82) is 5.26 Å². The number of rotatable bonds is 2. The van der Waals surface area contributed by atoms with Crippen molar-refractivity contribution in [1.82, 2.24) is 9.88 Å². The molecule has 2 aromatic rings. The van der Waals surface area contributed by atoms with E-state index in [9.17, 15) is 10.1 Å². The molecule has 1 saturated heterocycles. The molecule has 2 heterocycles. The molecule has 3 rings (SSSR count). The number of fused-ring (bicyclic) bond motifs is 1. The van der Waals surface area contributed by atoms with E-state index in [-0.39, 0.29) is 12.1 Å². The van der Waals surface area contributed by atoms with E-state index in [0.29, 0.717) is 29.6 Å². The first-order chi connectivity index (χ1) is 12.2. The van der Waals surface area contributed by atoms with E-state index in [1.54, 1.807) is 17.0 Å². The topological polar surface area (TPSA) is 78.2 Å². The minimum Gasteiger partial charge on any atom is -0.444 e. The quantitative estimate of drug-likeness (QED) is 0.855. The largest absolute Gasteiger partial charge is 0.444 e. The first-order valence-electron chi connectivity index (χ1n) is 8.50. The van der Waals surface area contributed by atoms with Crippen molar-refractivity contribution in [3.05, 3.63) is 35.0 Å². The maximum absolute atomic E-state index is 12.2. The van der Waals surface area contributed by atoms with Gasteiger partial charge in [0.2, 0.25) is 0 Å². The van der Waals surface area contributed by atoms with Gasteiger partial charge in [0.15, 0.2) is 0 Å². The van der Waals surface area contributed by atoms with Gasteiger partial charge in [-0.2, -0.15) is 5.26 Å². The summed E-state index contributed by atoms with van der Waals surface area (Å²) in [4.78, 5) is 18.3. The molecule has 1 aliphatic rings. The number of amides is 1. The van der Waals surface area contributed by atoms with Gasteiger partial charge in [0.05, 0.1) is 0 Å². The highest BCUT2D eigenvalue weighted by molar-refractivity contribution is 6.31. The second-order valence-electron chi connectivity index (χ2n) is 7.39. The van der Waals surface area contributed by atoms with Crippen LogP contribution in [0.3, 0.4) is 0 Å². The highest BCUT2D eigenvalue weighted by Crippen LogP contribution is 2.28. The second-order valence-corrected chi connectivity index (χ2v) is 7.83. The average molecular weight is 373 g/mol. The Bertz CT molecular complexity index is 885. The fourth-order valence-electron chi connectivity index (χ4n) is 2.95. The minimum absolute atomic E-state index is 0.0335. The summed E-state index contributed by atoms with van der Waals surface area (Å²) in [6, 6.07) is 9.33. The van der Waals surface area contributed by atoms with Gasteiger partial charge in [-0.15, -0.1) is 0 Å². The summed E-state index contributed by atoms with van der Waals surface area (Å²) in [5.41, 5.74) is -0.178. The molecule has 7 heteroatoms. The zero-order valence-electron chi connectivity index (χ0n) is 15.0. The molecule has 1 fully saturated rings. The first-order valence-corrected chi connectivity index (χ1v) is 8.88. The van der Waals surface area contributed by atoms with E-state index in [2.05, 4.69) is 16.4 Å². The number of hydrogen-bond donors (Lipinski definition) is 1. The molecule has 1 amide bonds. The lowest BCUT2D eigenvalue weighted by Gasteiger charge is -2.24. The van der Waals surface area contributed by atoms with E-state index < -0.39 is 5.60 Å². The molecule has 0 radical (unpaired) electrons. The van der Waals surface area contributed by atoms with Gasteiger partial charge in [-0.3, -0.25) is 0 Å². The zero-order valence-corrected chi connectivity index (χ0v) is 15.8. The van der Waals surface area contributed by atoms with Crippen LogP contribution in [-0.2, 0) is 4.74 Å². The maximum Gasteiger partial charge on any atom is 0.410 e. The van der Waals surface area contributed by atoms with Crippen molar-refractivity contribution in [2.24, 2.45) is 0 Å². The normalized spacial score (nSPS) is 17.2. The van der Waals surface area contributed by atoms with Gasteiger partial charge in [-0.25, -0.2) is 9.78 Å². The standard InChI is InChI=1S/C19H21ClN4O2/c1-19(2,3)26-18(25)24-7-6-14(11-24)22-17-16-9-13(20)5-4-12(16)8-15(10-21)23-17/h4-5,8-9,14H,6-7,11H2,1-3H3,(H,22,23)/t14-/m0/s1. The molecule has 0 unspecified atom stereocenters. The number of benzene rings is 1. The molecule has 1 atom stereocenters. The number of pyridine rings is 1. The number of nitriles is 1. The summed E-state index contributed by atoms with van der Waals surface area (Å²) < 4.78 is 5.43. The number of carbonyl (C=O) groups is 1. The van der Waals surface area contributed by atoms with E-state index in [4.69, 9.17) is 16.3 Å². The average Bonchev–Trinajstić information content (AvgIpc) is 3.02. The van der Waals surface area contributed by atoms with Crippen LogP contribution in [0.4, 0.5) is 10.6 Å². The van der Waals surface area contributed by atoms with Crippen LogP contribution < -0.4 is 5.32 Å². The Morgan fingerprint density at radius 3 is 2.88 bits per heavy atom. The molecule has 1 aromatic heterocycles. The minimum atomic E-state index is -0.516. The molecule has 0 bridgehead atoms. The fraction of sp³-hybridized carbons (Fsp3) is 0.421. The Hall–Kier alpha value is -2.52. The first kappa shape index (κ1) is 18.3. The Morgan fingerprint density at radius 2 is 2.19 bits per heavy atom. The van der Waals surface area contributed by atoms with Crippen LogP contribution in [0.2, 0.25) is 5.02 Å². The van der Waals surface area contributed by atoms with Crippen LogP contribution in [0.1, 0.15) is 32.9 Å². The lowest BCUT2D eigenvalue weighted by atomic mass is 10.1. The molecular formula is C19H21ClN4O2. The number of carbonyl (C=O) groups excluding carboxylic acids is 1. The van der Waals surface area contributed by atoms with Crippen molar-refractivity contribution in [3.8, 4) is 6.07 Å². The lowest BCUT2D eigenvalue weighted by Crippen LogP contribution is -2.36. The van der Waals surface area contributed by atoms with E-state index in [1.165, 1.54) is 0 Å². The Balaban J connectivity index is 1.79. The smallest absolute Gasteiger partial charge is 0.410 e. The molecule has 0 aliphatic carbocycles. The number of nitrogens with one attached hydrogen (secondary N) is 1.